The lowest BCUT2D eigenvalue weighted by Gasteiger charge is -2.12. The highest BCUT2D eigenvalue weighted by atomic mass is 32.2. The van der Waals surface area contributed by atoms with Crippen molar-refractivity contribution < 1.29 is 0 Å². The van der Waals surface area contributed by atoms with Crippen LogP contribution in [0.3, 0.4) is 0 Å². The number of thiophene rings is 1. The molecule has 0 amide bonds. The van der Waals surface area contributed by atoms with Crippen LogP contribution in [0, 0.1) is 27.7 Å². The molecular weight excluding hydrogens is 324 g/mol. The predicted octanol–water partition coefficient (Wildman–Crippen LogP) is 5.07. The number of rotatable bonds is 3. The minimum atomic E-state index is -0.0283. The normalized spacial score (nSPS) is 12.7. The van der Waals surface area contributed by atoms with Gasteiger partial charge in [0.15, 0.2) is 0 Å². The van der Waals surface area contributed by atoms with E-state index in [1.807, 2.05) is 13.8 Å². The molecule has 0 aliphatic heterocycles. The first kappa shape index (κ1) is 16.3. The molecule has 0 saturated heterocycles. The first-order valence-electron chi connectivity index (χ1n) is 7.60. The molecule has 1 aromatic carbocycles. The molecule has 3 aromatic rings. The van der Waals surface area contributed by atoms with Crippen LogP contribution in [0.15, 0.2) is 27.9 Å². The van der Waals surface area contributed by atoms with Gasteiger partial charge in [-0.15, -0.1) is 23.1 Å². The van der Waals surface area contributed by atoms with Crippen LogP contribution in [-0.2, 0) is 0 Å². The Morgan fingerprint density at radius 1 is 1.17 bits per heavy atom. The highest BCUT2D eigenvalue weighted by Crippen LogP contribution is 2.35. The van der Waals surface area contributed by atoms with E-state index in [9.17, 15) is 4.79 Å². The first-order valence-corrected chi connectivity index (χ1v) is 9.30. The van der Waals surface area contributed by atoms with Crippen LogP contribution < -0.4 is 5.56 Å². The van der Waals surface area contributed by atoms with E-state index in [-0.39, 0.29) is 10.8 Å². The maximum Gasteiger partial charge on any atom is 0.259 e. The zero-order valence-electron chi connectivity index (χ0n) is 14.0. The standard InChI is InChI=1S/C18H20N2OS2/c1-9-6-7-14(8-10(9)2)22-13(5)16-19-17(21)15-11(3)12(4)23-18(15)20-16/h6-8,13H,1-5H3,(H,19,20,21). The van der Waals surface area contributed by atoms with Crippen LogP contribution in [0.2, 0.25) is 0 Å². The van der Waals surface area contributed by atoms with Gasteiger partial charge in [0.2, 0.25) is 0 Å². The Labute approximate surface area is 144 Å². The molecule has 1 unspecified atom stereocenters. The average molecular weight is 345 g/mol. The largest absolute Gasteiger partial charge is 0.309 e. The van der Waals surface area contributed by atoms with Crippen molar-refractivity contribution in [3.05, 3.63) is 55.9 Å². The SMILES string of the molecule is Cc1ccc(SC(C)c2nc3sc(C)c(C)c3c(=O)[nH]2)cc1C. The molecule has 0 aliphatic rings. The van der Waals surface area contributed by atoms with Crippen molar-refractivity contribution in [1.82, 2.24) is 9.97 Å². The minimum Gasteiger partial charge on any atom is -0.309 e. The van der Waals surface area contributed by atoms with Crippen LogP contribution in [0.5, 0.6) is 0 Å². The van der Waals surface area contributed by atoms with Gasteiger partial charge in [0, 0.05) is 9.77 Å². The van der Waals surface area contributed by atoms with Crippen molar-refractivity contribution in [1.29, 1.82) is 0 Å². The summed E-state index contributed by atoms with van der Waals surface area (Å²) in [5, 5.41) is 0.830. The first-order chi connectivity index (χ1) is 10.9. The summed E-state index contributed by atoms with van der Waals surface area (Å²) in [7, 11) is 0. The fourth-order valence-electron chi connectivity index (χ4n) is 2.51. The lowest BCUT2D eigenvalue weighted by atomic mass is 10.1. The van der Waals surface area contributed by atoms with E-state index in [0.717, 1.165) is 26.5 Å². The zero-order chi connectivity index (χ0) is 16.7. The quantitative estimate of drug-likeness (QED) is 0.675. The molecule has 1 N–H and O–H groups in total. The maximum absolute atomic E-state index is 12.4. The van der Waals surface area contributed by atoms with Crippen molar-refractivity contribution in [2.45, 2.75) is 44.8 Å². The Morgan fingerprint density at radius 2 is 1.91 bits per heavy atom. The summed E-state index contributed by atoms with van der Waals surface area (Å²) in [5.41, 5.74) is 3.59. The monoisotopic (exact) mass is 344 g/mol. The summed E-state index contributed by atoms with van der Waals surface area (Å²) in [4.78, 5) is 23.2. The Balaban J connectivity index is 1.96. The van der Waals surface area contributed by atoms with E-state index in [1.165, 1.54) is 16.0 Å². The van der Waals surface area contributed by atoms with E-state index >= 15 is 0 Å². The van der Waals surface area contributed by atoms with Crippen LogP contribution in [0.1, 0.15) is 39.6 Å². The Kier molecular flexibility index (Phi) is 4.34. The molecule has 2 heterocycles. The van der Waals surface area contributed by atoms with Gasteiger partial charge in [-0.2, -0.15) is 0 Å². The Morgan fingerprint density at radius 3 is 2.61 bits per heavy atom. The van der Waals surface area contributed by atoms with Gasteiger partial charge < -0.3 is 4.98 Å². The van der Waals surface area contributed by atoms with E-state index < -0.39 is 0 Å². The van der Waals surface area contributed by atoms with Gasteiger partial charge >= 0.3 is 0 Å². The molecule has 0 spiro atoms. The second-order valence-electron chi connectivity index (χ2n) is 5.92. The molecule has 3 rings (SSSR count). The molecule has 0 fully saturated rings. The van der Waals surface area contributed by atoms with E-state index in [4.69, 9.17) is 4.98 Å². The summed E-state index contributed by atoms with van der Waals surface area (Å²) < 4.78 is 0. The van der Waals surface area contributed by atoms with Crippen LogP contribution in [-0.4, -0.2) is 9.97 Å². The number of H-pyrrole nitrogens is 1. The molecule has 1 atom stereocenters. The molecule has 0 saturated carbocycles. The molecule has 23 heavy (non-hydrogen) atoms. The van der Waals surface area contributed by atoms with Crippen molar-refractivity contribution in [3.63, 3.8) is 0 Å². The average Bonchev–Trinajstić information content (AvgIpc) is 2.78. The molecular formula is C18H20N2OS2. The highest BCUT2D eigenvalue weighted by molar-refractivity contribution is 7.99. The van der Waals surface area contributed by atoms with Gasteiger partial charge in [0.1, 0.15) is 10.7 Å². The third-order valence-electron chi connectivity index (χ3n) is 4.23. The molecule has 5 heteroatoms. The number of aromatic amines is 1. The lowest BCUT2D eigenvalue weighted by Crippen LogP contribution is -2.12. The van der Waals surface area contributed by atoms with Crippen LogP contribution in [0.4, 0.5) is 0 Å². The van der Waals surface area contributed by atoms with Crippen LogP contribution in [0.25, 0.3) is 10.2 Å². The number of nitrogens with zero attached hydrogens (tertiary/aromatic N) is 1. The third kappa shape index (κ3) is 3.08. The number of aryl methyl sites for hydroxylation is 4. The van der Waals surface area contributed by atoms with Gasteiger partial charge in [-0.05, 0) is 63.4 Å². The number of nitrogens with one attached hydrogen (secondary N) is 1. The number of fused-ring (bicyclic) bond motifs is 1. The number of hydrogen-bond acceptors (Lipinski definition) is 4. The molecule has 120 valence electrons. The molecule has 0 radical (unpaired) electrons. The van der Waals surface area contributed by atoms with E-state index in [1.54, 1.807) is 23.1 Å². The van der Waals surface area contributed by atoms with Crippen molar-refractivity contribution in [2.75, 3.05) is 0 Å². The fraction of sp³-hybridized carbons (Fsp3) is 0.333. The third-order valence-corrected chi connectivity index (χ3v) is 6.44. The molecule has 2 aromatic heterocycles. The van der Waals surface area contributed by atoms with Gasteiger partial charge in [0.25, 0.3) is 5.56 Å². The summed E-state index contributed by atoms with van der Waals surface area (Å²) >= 11 is 3.31. The summed E-state index contributed by atoms with van der Waals surface area (Å²) in [6.45, 7) is 10.3. The van der Waals surface area contributed by atoms with Crippen molar-refractivity contribution in [2.24, 2.45) is 0 Å². The molecule has 0 bridgehead atoms. The number of thioether (sulfide) groups is 1. The van der Waals surface area contributed by atoms with E-state index in [2.05, 4.69) is 44.0 Å². The van der Waals surface area contributed by atoms with Gasteiger partial charge in [0.05, 0.1) is 10.6 Å². The number of benzene rings is 1. The highest BCUT2D eigenvalue weighted by Gasteiger charge is 2.16. The van der Waals surface area contributed by atoms with Gasteiger partial charge in [-0.1, -0.05) is 6.07 Å². The number of aromatic nitrogens is 2. The molecule has 0 aliphatic carbocycles. The van der Waals surface area contributed by atoms with E-state index in [0.29, 0.717) is 0 Å². The van der Waals surface area contributed by atoms with Crippen LogP contribution >= 0.6 is 23.1 Å². The minimum absolute atomic E-state index is 0.0283. The van der Waals surface area contributed by atoms with Gasteiger partial charge in [-0.3, -0.25) is 4.79 Å². The zero-order valence-corrected chi connectivity index (χ0v) is 15.6. The van der Waals surface area contributed by atoms with Crippen molar-refractivity contribution in [3.8, 4) is 0 Å². The molecule has 3 nitrogen and oxygen atoms in total. The summed E-state index contributed by atoms with van der Waals surface area (Å²) in [5.74, 6) is 0.743. The Bertz CT molecular complexity index is 940. The smallest absolute Gasteiger partial charge is 0.259 e. The fourth-order valence-corrected chi connectivity index (χ4v) is 4.57. The van der Waals surface area contributed by atoms with Crippen molar-refractivity contribution >= 4 is 33.3 Å². The lowest BCUT2D eigenvalue weighted by molar-refractivity contribution is 0.925. The number of hydrogen-bond donors (Lipinski definition) is 1. The summed E-state index contributed by atoms with van der Waals surface area (Å²) in [6, 6.07) is 6.45. The second-order valence-corrected chi connectivity index (χ2v) is 8.54. The predicted molar refractivity (Wildman–Crippen MR) is 99.9 cm³/mol. The maximum atomic E-state index is 12.4. The van der Waals surface area contributed by atoms with Gasteiger partial charge in [-0.25, -0.2) is 4.98 Å². The Hall–Kier alpha value is -1.59. The topological polar surface area (TPSA) is 45.8 Å². The summed E-state index contributed by atoms with van der Waals surface area (Å²) in [6.07, 6.45) is 0. The second kappa shape index (κ2) is 6.13.